The van der Waals surface area contributed by atoms with E-state index in [9.17, 15) is 28.8 Å². The van der Waals surface area contributed by atoms with Crippen LogP contribution in [0.3, 0.4) is 0 Å². The quantitative estimate of drug-likeness (QED) is 0.226. The molecule has 14 nitrogen and oxygen atoms in total. The van der Waals surface area contributed by atoms with Crippen LogP contribution in [0, 0.1) is 5.82 Å². The number of phosphoric acid groups is 1. The smallest absolute Gasteiger partial charge is 0.387 e. The van der Waals surface area contributed by atoms with Crippen LogP contribution in [0.2, 0.25) is 0 Å². The molecule has 2 aromatic rings. The Kier molecular flexibility index (Phi) is 6.71. The fourth-order valence-corrected chi connectivity index (χ4v) is 5.02. The molecule has 3 N–H and O–H groups in total. The largest absolute Gasteiger partial charge is 0.475 e. The minimum Gasteiger partial charge on any atom is -0.387 e. The lowest BCUT2D eigenvalue weighted by Crippen LogP contribution is -2.45. The van der Waals surface area contributed by atoms with E-state index >= 15 is 0 Å². The standard InChI is InChI=1S/C18H19FN5O9P/c19-11-4-2-1-3-10(11)12-6-8-30-34(29,33-12)31-9-18(22-23-20)15(27)14(26)16(32-18)24-7-5-13(25)21-17(24)28/h1-5,7,12,14-16,26-27H,6,8-9H2,(H,21,25,28)/t12-,14+,15-,16?,18+,34?/m0/s1. The van der Waals surface area contributed by atoms with Gasteiger partial charge >= 0.3 is 13.5 Å². The molecular weight excluding hydrogens is 480 g/mol. The second-order valence-corrected chi connectivity index (χ2v) is 9.08. The van der Waals surface area contributed by atoms with Gasteiger partial charge in [0.1, 0.15) is 18.0 Å². The van der Waals surface area contributed by atoms with E-state index < -0.39 is 61.8 Å². The molecule has 4 rings (SSSR count). The van der Waals surface area contributed by atoms with Crippen LogP contribution in [-0.2, 0) is 22.9 Å². The summed E-state index contributed by atoms with van der Waals surface area (Å²) in [6.07, 6.45) is -5.17. The van der Waals surface area contributed by atoms with Crippen LogP contribution in [-0.4, -0.2) is 50.9 Å². The van der Waals surface area contributed by atoms with Crippen molar-refractivity contribution in [2.24, 2.45) is 5.11 Å². The van der Waals surface area contributed by atoms with Gasteiger partial charge in [0.2, 0.25) is 5.72 Å². The molecule has 0 amide bonds. The van der Waals surface area contributed by atoms with Gasteiger partial charge in [0.25, 0.3) is 5.56 Å². The average Bonchev–Trinajstić information content (AvgIpc) is 3.04. The van der Waals surface area contributed by atoms with Gasteiger partial charge in [0.15, 0.2) is 6.23 Å². The van der Waals surface area contributed by atoms with Crippen LogP contribution < -0.4 is 11.2 Å². The molecule has 34 heavy (non-hydrogen) atoms. The normalized spacial score (nSPS) is 33.4. The summed E-state index contributed by atoms with van der Waals surface area (Å²) in [6, 6.07) is 6.68. The maximum Gasteiger partial charge on any atom is 0.475 e. The van der Waals surface area contributed by atoms with Crippen molar-refractivity contribution in [1.82, 2.24) is 9.55 Å². The van der Waals surface area contributed by atoms with Gasteiger partial charge < -0.3 is 14.9 Å². The summed E-state index contributed by atoms with van der Waals surface area (Å²) in [5, 5.41) is 24.4. The summed E-state index contributed by atoms with van der Waals surface area (Å²) in [6.45, 7) is -1.04. The minimum atomic E-state index is -4.37. The van der Waals surface area contributed by atoms with Crippen LogP contribution >= 0.6 is 7.82 Å². The number of hydrogen-bond acceptors (Lipinski definition) is 10. The highest BCUT2D eigenvalue weighted by atomic mass is 31.2. The van der Waals surface area contributed by atoms with E-state index in [1.165, 1.54) is 18.2 Å². The van der Waals surface area contributed by atoms with E-state index in [1.807, 2.05) is 4.98 Å². The molecule has 2 aliphatic heterocycles. The van der Waals surface area contributed by atoms with Gasteiger partial charge in [-0.15, -0.1) is 0 Å². The van der Waals surface area contributed by atoms with Gasteiger partial charge in [-0.25, -0.2) is 13.8 Å². The van der Waals surface area contributed by atoms with E-state index in [1.54, 1.807) is 6.07 Å². The Hall–Kier alpha value is -2.87. The average molecular weight is 499 g/mol. The minimum absolute atomic E-state index is 0.119. The number of hydrogen-bond donors (Lipinski definition) is 3. The zero-order valence-corrected chi connectivity index (χ0v) is 18.2. The highest BCUT2D eigenvalue weighted by molar-refractivity contribution is 7.48. The number of aliphatic hydroxyl groups is 2. The molecule has 16 heteroatoms. The Morgan fingerprint density at radius 2 is 2.12 bits per heavy atom. The Morgan fingerprint density at radius 3 is 2.82 bits per heavy atom. The van der Waals surface area contributed by atoms with Gasteiger partial charge in [-0.3, -0.25) is 27.9 Å². The third kappa shape index (κ3) is 4.56. The van der Waals surface area contributed by atoms with Crippen LogP contribution in [0.4, 0.5) is 4.39 Å². The number of aromatic nitrogens is 2. The molecule has 0 saturated carbocycles. The van der Waals surface area contributed by atoms with E-state index in [0.717, 1.165) is 16.8 Å². The number of aromatic amines is 1. The van der Waals surface area contributed by atoms with Gasteiger partial charge in [0.05, 0.1) is 19.3 Å². The first-order valence-electron chi connectivity index (χ1n) is 9.92. The monoisotopic (exact) mass is 499 g/mol. The van der Waals surface area contributed by atoms with Crippen molar-refractivity contribution < 1.29 is 37.5 Å². The zero-order chi connectivity index (χ0) is 24.5. The number of H-pyrrole nitrogens is 1. The van der Waals surface area contributed by atoms with Crippen molar-refractivity contribution in [3.05, 3.63) is 79.2 Å². The first kappa shape index (κ1) is 24.3. The zero-order valence-electron chi connectivity index (χ0n) is 17.3. The third-order valence-corrected chi connectivity index (χ3v) is 6.77. The fraction of sp³-hybridized carbons (Fsp3) is 0.444. The molecular formula is C18H19FN5O9P. The lowest BCUT2D eigenvalue weighted by Gasteiger charge is -2.32. The second kappa shape index (κ2) is 9.41. The van der Waals surface area contributed by atoms with Crippen LogP contribution in [0.15, 0.2) is 51.2 Å². The Labute approximate surface area is 189 Å². The van der Waals surface area contributed by atoms with Gasteiger partial charge in [-0.2, -0.15) is 0 Å². The summed E-state index contributed by atoms with van der Waals surface area (Å²) < 4.78 is 49.1. The molecule has 0 aliphatic carbocycles. The van der Waals surface area contributed by atoms with E-state index in [-0.39, 0.29) is 18.6 Å². The summed E-state index contributed by atoms with van der Waals surface area (Å²) >= 11 is 0. The molecule has 2 fully saturated rings. The number of ether oxygens (including phenoxy) is 1. The maximum atomic E-state index is 14.1. The molecule has 1 aromatic heterocycles. The molecule has 0 radical (unpaired) electrons. The van der Waals surface area contributed by atoms with Gasteiger partial charge in [-0.1, -0.05) is 23.3 Å². The van der Waals surface area contributed by atoms with E-state index in [4.69, 9.17) is 23.8 Å². The lowest BCUT2D eigenvalue weighted by atomic mass is 10.1. The number of phosphoric ester groups is 1. The lowest BCUT2D eigenvalue weighted by molar-refractivity contribution is -0.127. The van der Waals surface area contributed by atoms with Crippen molar-refractivity contribution in [2.45, 2.75) is 36.7 Å². The van der Waals surface area contributed by atoms with Crippen molar-refractivity contribution in [3.63, 3.8) is 0 Å². The van der Waals surface area contributed by atoms with E-state index in [2.05, 4.69) is 10.0 Å². The number of benzene rings is 1. The summed E-state index contributed by atoms with van der Waals surface area (Å²) in [5.41, 5.74) is 5.09. The number of rotatable bonds is 6. The number of aliphatic hydroxyl groups excluding tert-OH is 2. The first-order chi connectivity index (χ1) is 16.2. The second-order valence-electron chi connectivity index (χ2n) is 7.45. The first-order valence-corrected chi connectivity index (χ1v) is 11.4. The molecule has 0 spiro atoms. The Balaban J connectivity index is 1.56. The van der Waals surface area contributed by atoms with Gasteiger partial charge in [0, 0.05) is 29.2 Å². The summed E-state index contributed by atoms with van der Waals surface area (Å²) in [5.74, 6) is -0.585. The van der Waals surface area contributed by atoms with Crippen LogP contribution in [0.5, 0.6) is 0 Å². The number of azide groups is 1. The Morgan fingerprint density at radius 1 is 1.35 bits per heavy atom. The highest BCUT2D eigenvalue weighted by Gasteiger charge is 2.56. The number of nitrogens with zero attached hydrogens (tertiary/aromatic N) is 4. The molecule has 6 atom stereocenters. The number of halogens is 1. The van der Waals surface area contributed by atoms with Crippen LogP contribution in [0.25, 0.3) is 10.4 Å². The third-order valence-electron chi connectivity index (χ3n) is 5.31. The van der Waals surface area contributed by atoms with Crippen molar-refractivity contribution >= 4 is 7.82 Å². The van der Waals surface area contributed by atoms with Crippen LogP contribution in [0.1, 0.15) is 24.3 Å². The molecule has 1 aromatic carbocycles. The Bertz CT molecular complexity index is 1280. The fourth-order valence-electron chi connectivity index (χ4n) is 3.63. The van der Waals surface area contributed by atoms with Gasteiger partial charge in [-0.05, 0) is 11.6 Å². The predicted octanol–water partition coefficient (Wildman–Crippen LogP) is 1.24. The summed E-state index contributed by atoms with van der Waals surface area (Å²) in [4.78, 5) is 27.9. The van der Waals surface area contributed by atoms with Crippen molar-refractivity contribution in [3.8, 4) is 0 Å². The molecule has 0 bridgehead atoms. The van der Waals surface area contributed by atoms with Crippen molar-refractivity contribution in [1.29, 1.82) is 0 Å². The van der Waals surface area contributed by atoms with E-state index in [0.29, 0.717) is 0 Å². The topological polar surface area (TPSA) is 198 Å². The SMILES string of the molecule is [N-]=[N+]=N[C@]1(COP2(=O)OCC[C@@H](c3ccccc3F)O2)OC(n2ccc(=O)[nH]c2=O)[C@H](O)[C@@H]1O. The van der Waals surface area contributed by atoms with Crippen molar-refractivity contribution in [2.75, 3.05) is 13.2 Å². The molecule has 2 aliphatic rings. The molecule has 2 saturated heterocycles. The molecule has 182 valence electrons. The molecule has 2 unspecified atom stereocenters. The maximum absolute atomic E-state index is 14.1. The highest BCUT2D eigenvalue weighted by Crippen LogP contribution is 2.58. The number of nitrogens with one attached hydrogen (secondary N) is 1. The molecule has 3 heterocycles. The summed E-state index contributed by atoms with van der Waals surface area (Å²) in [7, 11) is -4.37. The predicted molar refractivity (Wildman–Crippen MR) is 110 cm³/mol.